The summed E-state index contributed by atoms with van der Waals surface area (Å²) in [6, 6.07) is 0.221. The van der Waals surface area contributed by atoms with Crippen molar-refractivity contribution in [1.82, 2.24) is 15.0 Å². The van der Waals surface area contributed by atoms with E-state index in [4.69, 9.17) is 16.3 Å². The van der Waals surface area contributed by atoms with Crippen molar-refractivity contribution in [2.24, 2.45) is 0 Å². The number of anilines is 1. The Balaban J connectivity index is 2.20. The molecule has 0 aromatic carbocycles. The van der Waals surface area contributed by atoms with Gasteiger partial charge in [-0.1, -0.05) is 0 Å². The molecule has 1 aliphatic heterocycles. The van der Waals surface area contributed by atoms with Gasteiger partial charge in [0.15, 0.2) is 0 Å². The highest BCUT2D eigenvalue weighted by atomic mass is 35.5. The van der Waals surface area contributed by atoms with E-state index in [1.165, 1.54) is 0 Å². The molecular weight excluding hydrogens is 232 g/mol. The Labute approximate surface area is 98.2 Å². The number of β-amino-alcohol motifs (C(OH)–C–C–N with tert-alkyl or cyclic N) is 1. The second kappa shape index (κ2) is 4.80. The molecule has 0 bridgehead atoms. The Bertz CT molecular complexity index is 377. The molecule has 1 aromatic rings. The fourth-order valence-corrected chi connectivity index (χ4v) is 1.73. The van der Waals surface area contributed by atoms with E-state index in [2.05, 4.69) is 15.0 Å². The summed E-state index contributed by atoms with van der Waals surface area (Å²) in [4.78, 5) is 13.8. The van der Waals surface area contributed by atoms with Crippen LogP contribution < -0.4 is 9.64 Å². The van der Waals surface area contributed by atoms with Gasteiger partial charge in [-0.3, -0.25) is 0 Å². The smallest absolute Gasteiger partial charge is 0.322 e. The summed E-state index contributed by atoms with van der Waals surface area (Å²) in [5.74, 6) is 0.458. The van der Waals surface area contributed by atoms with Crippen molar-refractivity contribution in [1.29, 1.82) is 0 Å². The molecule has 0 amide bonds. The molecule has 6 nitrogen and oxygen atoms in total. The largest absolute Gasteiger partial charge is 0.464 e. The van der Waals surface area contributed by atoms with Gasteiger partial charge in [0.1, 0.15) is 0 Å². The van der Waals surface area contributed by atoms with Crippen molar-refractivity contribution in [3.8, 4) is 6.01 Å². The quantitative estimate of drug-likeness (QED) is 0.835. The van der Waals surface area contributed by atoms with Crippen molar-refractivity contribution < 1.29 is 9.84 Å². The molecule has 1 aliphatic rings. The average molecular weight is 245 g/mol. The van der Waals surface area contributed by atoms with Crippen LogP contribution in [0.4, 0.5) is 5.95 Å². The lowest BCUT2D eigenvalue weighted by Gasteiger charge is -2.15. The van der Waals surface area contributed by atoms with Gasteiger partial charge in [0.25, 0.3) is 0 Å². The molecule has 7 heteroatoms. The highest BCUT2D eigenvalue weighted by molar-refractivity contribution is 6.28. The van der Waals surface area contributed by atoms with Crippen LogP contribution in [0.3, 0.4) is 0 Å². The molecule has 1 atom stereocenters. The zero-order valence-corrected chi connectivity index (χ0v) is 9.68. The van der Waals surface area contributed by atoms with Crippen LogP contribution in [0, 0.1) is 0 Å². The van der Waals surface area contributed by atoms with Crippen molar-refractivity contribution in [2.75, 3.05) is 24.6 Å². The predicted molar refractivity (Wildman–Crippen MR) is 58.8 cm³/mol. The summed E-state index contributed by atoms with van der Waals surface area (Å²) in [6.45, 7) is 3.55. The first-order valence-corrected chi connectivity index (χ1v) is 5.54. The summed E-state index contributed by atoms with van der Waals surface area (Å²) in [5, 5.41) is 9.53. The van der Waals surface area contributed by atoms with Crippen molar-refractivity contribution in [3.05, 3.63) is 5.28 Å². The molecule has 1 saturated heterocycles. The van der Waals surface area contributed by atoms with Crippen LogP contribution in [0.1, 0.15) is 13.3 Å². The first kappa shape index (κ1) is 11.3. The normalized spacial score (nSPS) is 20.2. The Kier molecular flexibility index (Phi) is 3.40. The molecule has 0 radical (unpaired) electrons. The maximum atomic E-state index is 9.43. The van der Waals surface area contributed by atoms with E-state index in [1.54, 1.807) is 0 Å². The van der Waals surface area contributed by atoms with Crippen LogP contribution in [-0.2, 0) is 0 Å². The molecular formula is C9H13ClN4O2. The van der Waals surface area contributed by atoms with Crippen LogP contribution >= 0.6 is 11.6 Å². The Hall–Kier alpha value is -1.14. The number of rotatable bonds is 3. The van der Waals surface area contributed by atoms with E-state index in [-0.39, 0.29) is 17.4 Å². The van der Waals surface area contributed by atoms with E-state index in [9.17, 15) is 5.11 Å². The minimum Gasteiger partial charge on any atom is -0.464 e. The van der Waals surface area contributed by atoms with Gasteiger partial charge in [0.05, 0.1) is 12.7 Å². The van der Waals surface area contributed by atoms with Crippen molar-refractivity contribution in [3.63, 3.8) is 0 Å². The van der Waals surface area contributed by atoms with Crippen LogP contribution in [0.2, 0.25) is 5.28 Å². The van der Waals surface area contributed by atoms with E-state index in [1.807, 2.05) is 11.8 Å². The summed E-state index contributed by atoms with van der Waals surface area (Å²) in [5.41, 5.74) is 0. The second-order valence-corrected chi connectivity index (χ2v) is 3.85. The molecule has 2 heterocycles. The van der Waals surface area contributed by atoms with Gasteiger partial charge in [-0.2, -0.15) is 15.0 Å². The standard InChI is InChI=1S/C9H13ClN4O2/c1-2-16-9-12-7(10)11-8(13-9)14-4-3-6(15)5-14/h6,15H,2-5H2,1H3. The minimum atomic E-state index is -0.328. The third-order valence-electron chi connectivity index (χ3n) is 2.30. The molecule has 2 rings (SSSR count). The Morgan fingerprint density at radius 1 is 1.50 bits per heavy atom. The number of aliphatic hydroxyl groups excluding tert-OH is 1. The number of aliphatic hydroxyl groups is 1. The summed E-state index contributed by atoms with van der Waals surface area (Å²) in [6.07, 6.45) is 0.388. The molecule has 1 N–H and O–H groups in total. The highest BCUT2D eigenvalue weighted by Gasteiger charge is 2.23. The minimum absolute atomic E-state index is 0.106. The van der Waals surface area contributed by atoms with Crippen LogP contribution in [0.5, 0.6) is 6.01 Å². The lowest BCUT2D eigenvalue weighted by atomic mass is 10.3. The maximum absolute atomic E-state index is 9.43. The van der Waals surface area contributed by atoms with Crippen LogP contribution in [0.15, 0.2) is 0 Å². The van der Waals surface area contributed by atoms with Crippen molar-refractivity contribution in [2.45, 2.75) is 19.4 Å². The third-order valence-corrected chi connectivity index (χ3v) is 2.46. The van der Waals surface area contributed by atoms with Crippen LogP contribution in [0.25, 0.3) is 0 Å². The van der Waals surface area contributed by atoms with Gasteiger partial charge >= 0.3 is 6.01 Å². The summed E-state index contributed by atoms with van der Waals surface area (Å²) >= 11 is 5.77. The highest BCUT2D eigenvalue weighted by Crippen LogP contribution is 2.19. The molecule has 1 unspecified atom stereocenters. The zero-order chi connectivity index (χ0) is 11.5. The zero-order valence-electron chi connectivity index (χ0n) is 8.93. The number of aromatic nitrogens is 3. The first-order valence-electron chi connectivity index (χ1n) is 5.16. The molecule has 88 valence electrons. The lowest BCUT2D eigenvalue weighted by Crippen LogP contribution is -2.23. The maximum Gasteiger partial charge on any atom is 0.322 e. The van der Waals surface area contributed by atoms with Crippen molar-refractivity contribution >= 4 is 17.5 Å². The van der Waals surface area contributed by atoms with E-state index in [0.29, 0.717) is 32.1 Å². The first-order chi connectivity index (χ1) is 7.69. The third kappa shape index (κ3) is 2.51. The fraction of sp³-hybridized carbons (Fsp3) is 0.667. The molecule has 1 fully saturated rings. The predicted octanol–water partition coefficient (Wildman–Crippen LogP) is 0.495. The second-order valence-electron chi connectivity index (χ2n) is 3.51. The summed E-state index contributed by atoms with van der Waals surface area (Å²) < 4.78 is 5.18. The average Bonchev–Trinajstić information content (AvgIpc) is 2.64. The fourth-order valence-electron chi connectivity index (χ4n) is 1.58. The number of nitrogens with zero attached hydrogens (tertiary/aromatic N) is 4. The number of hydrogen-bond donors (Lipinski definition) is 1. The molecule has 0 aliphatic carbocycles. The van der Waals surface area contributed by atoms with Gasteiger partial charge in [-0.25, -0.2) is 0 Å². The van der Waals surface area contributed by atoms with E-state index >= 15 is 0 Å². The van der Waals surface area contributed by atoms with E-state index in [0.717, 1.165) is 0 Å². The molecule has 16 heavy (non-hydrogen) atoms. The molecule has 0 saturated carbocycles. The SMILES string of the molecule is CCOc1nc(Cl)nc(N2CCC(O)C2)n1. The Morgan fingerprint density at radius 2 is 2.31 bits per heavy atom. The summed E-state index contributed by atoms with van der Waals surface area (Å²) in [7, 11) is 0. The number of halogens is 1. The topological polar surface area (TPSA) is 71.4 Å². The van der Waals surface area contributed by atoms with E-state index < -0.39 is 0 Å². The molecule has 1 aromatic heterocycles. The number of ether oxygens (including phenoxy) is 1. The van der Waals surface area contributed by atoms with Gasteiger partial charge < -0.3 is 14.7 Å². The Morgan fingerprint density at radius 3 is 2.94 bits per heavy atom. The van der Waals surface area contributed by atoms with Gasteiger partial charge in [-0.15, -0.1) is 0 Å². The van der Waals surface area contributed by atoms with Gasteiger partial charge in [-0.05, 0) is 24.9 Å². The molecule has 0 spiro atoms. The number of hydrogen-bond acceptors (Lipinski definition) is 6. The van der Waals surface area contributed by atoms with Gasteiger partial charge in [0.2, 0.25) is 11.2 Å². The monoisotopic (exact) mass is 244 g/mol. The van der Waals surface area contributed by atoms with Gasteiger partial charge in [0, 0.05) is 13.1 Å². The van der Waals surface area contributed by atoms with Crippen LogP contribution in [-0.4, -0.2) is 45.9 Å². The lowest BCUT2D eigenvalue weighted by molar-refractivity contribution is 0.198.